The molecule has 0 aromatic carbocycles. The minimum Gasteiger partial charge on any atom is -0.481 e. The van der Waals surface area contributed by atoms with Gasteiger partial charge >= 0.3 is 0 Å². The zero-order valence-electron chi connectivity index (χ0n) is 12.1. The lowest BCUT2D eigenvalue weighted by Crippen LogP contribution is -2.21. The number of nitrogens with two attached hydrogens (primary N) is 1. The fourth-order valence-corrected chi connectivity index (χ4v) is 2.09. The van der Waals surface area contributed by atoms with Crippen molar-refractivity contribution in [2.75, 3.05) is 7.11 Å². The van der Waals surface area contributed by atoms with Crippen LogP contribution < -0.4 is 10.5 Å². The lowest BCUT2D eigenvalue weighted by atomic mass is 9.93. The minimum absolute atomic E-state index is 0.204. The molecule has 5 heteroatoms. The Balaban J connectivity index is 2.51. The van der Waals surface area contributed by atoms with Gasteiger partial charge in [-0.1, -0.05) is 18.9 Å². The van der Waals surface area contributed by atoms with Crippen molar-refractivity contribution in [1.29, 1.82) is 0 Å². The van der Waals surface area contributed by atoms with E-state index in [1.807, 2.05) is 6.07 Å². The molecule has 0 aliphatic rings. The SMILES string of the molecule is COc1ccc(C(CCCCCC(C)=O)C(N)=O)cn1. The molecule has 1 atom stereocenters. The number of hydrogen-bond donors (Lipinski definition) is 1. The average molecular weight is 278 g/mol. The molecule has 5 nitrogen and oxygen atoms in total. The molecule has 20 heavy (non-hydrogen) atoms. The number of carbonyl (C=O) groups is 2. The molecule has 0 saturated heterocycles. The Labute approximate surface area is 119 Å². The summed E-state index contributed by atoms with van der Waals surface area (Å²) in [6.07, 6.45) is 5.57. The van der Waals surface area contributed by atoms with Crippen LogP contribution in [0.5, 0.6) is 5.88 Å². The zero-order valence-corrected chi connectivity index (χ0v) is 12.1. The Morgan fingerprint density at radius 2 is 2.05 bits per heavy atom. The summed E-state index contributed by atoms with van der Waals surface area (Å²) in [5, 5.41) is 0. The number of ether oxygens (including phenoxy) is 1. The summed E-state index contributed by atoms with van der Waals surface area (Å²) in [5.41, 5.74) is 6.26. The Morgan fingerprint density at radius 1 is 1.30 bits per heavy atom. The van der Waals surface area contributed by atoms with Crippen LogP contribution in [0.25, 0.3) is 0 Å². The summed E-state index contributed by atoms with van der Waals surface area (Å²) in [7, 11) is 1.54. The highest BCUT2D eigenvalue weighted by molar-refractivity contribution is 5.81. The number of rotatable bonds is 9. The van der Waals surface area contributed by atoms with Crippen LogP contribution in [0.2, 0.25) is 0 Å². The summed E-state index contributed by atoms with van der Waals surface area (Å²) >= 11 is 0. The van der Waals surface area contributed by atoms with E-state index in [0.29, 0.717) is 18.7 Å². The Kier molecular flexibility index (Phi) is 6.70. The van der Waals surface area contributed by atoms with Crippen molar-refractivity contribution in [3.8, 4) is 5.88 Å². The second kappa shape index (κ2) is 8.30. The van der Waals surface area contributed by atoms with Crippen molar-refractivity contribution in [2.45, 2.75) is 44.9 Å². The number of nitrogens with zero attached hydrogens (tertiary/aromatic N) is 1. The van der Waals surface area contributed by atoms with Gasteiger partial charge in [0.25, 0.3) is 0 Å². The van der Waals surface area contributed by atoms with E-state index in [9.17, 15) is 9.59 Å². The monoisotopic (exact) mass is 278 g/mol. The van der Waals surface area contributed by atoms with Gasteiger partial charge in [-0.2, -0.15) is 0 Å². The van der Waals surface area contributed by atoms with Crippen molar-refractivity contribution in [3.63, 3.8) is 0 Å². The molecule has 110 valence electrons. The number of primary amides is 1. The first kappa shape index (κ1) is 16.1. The second-order valence-electron chi connectivity index (χ2n) is 4.89. The molecule has 0 aliphatic heterocycles. The van der Waals surface area contributed by atoms with Crippen molar-refractivity contribution in [1.82, 2.24) is 4.98 Å². The summed E-state index contributed by atoms with van der Waals surface area (Å²) in [4.78, 5) is 26.5. The fourth-order valence-electron chi connectivity index (χ4n) is 2.09. The second-order valence-corrected chi connectivity index (χ2v) is 4.89. The number of unbranched alkanes of at least 4 members (excludes halogenated alkanes) is 2. The third-order valence-electron chi connectivity index (χ3n) is 3.24. The van der Waals surface area contributed by atoms with E-state index >= 15 is 0 Å². The molecule has 0 spiro atoms. The molecular formula is C15H22N2O3. The van der Waals surface area contributed by atoms with Gasteiger partial charge in [0, 0.05) is 18.7 Å². The van der Waals surface area contributed by atoms with E-state index in [2.05, 4.69) is 4.98 Å². The predicted molar refractivity (Wildman–Crippen MR) is 76.5 cm³/mol. The highest BCUT2D eigenvalue weighted by Gasteiger charge is 2.17. The molecule has 0 aliphatic carbocycles. The van der Waals surface area contributed by atoms with Gasteiger partial charge in [-0.3, -0.25) is 4.79 Å². The summed E-state index contributed by atoms with van der Waals surface area (Å²) in [6.45, 7) is 1.59. The molecular weight excluding hydrogens is 256 g/mol. The molecule has 1 aromatic rings. The molecule has 1 heterocycles. The van der Waals surface area contributed by atoms with E-state index < -0.39 is 0 Å². The van der Waals surface area contributed by atoms with Gasteiger partial charge in [-0.25, -0.2) is 4.98 Å². The van der Waals surface area contributed by atoms with Crippen LogP contribution in [0.1, 0.15) is 50.5 Å². The highest BCUT2D eigenvalue weighted by atomic mass is 16.5. The first-order chi connectivity index (χ1) is 9.54. The van der Waals surface area contributed by atoms with Gasteiger partial charge < -0.3 is 15.3 Å². The predicted octanol–water partition coefficient (Wildman–Crippen LogP) is 2.20. The van der Waals surface area contributed by atoms with Crippen LogP contribution in [0.15, 0.2) is 18.3 Å². The van der Waals surface area contributed by atoms with Crippen molar-refractivity contribution >= 4 is 11.7 Å². The van der Waals surface area contributed by atoms with Gasteiger partial charge in [-0.05, 0) is 25.3 Å². The van der Waals surface area contributed by atoms with Crippen LogP contribution in [0, 0.1) is 0 Å². The van der Waals surface area contributed by atoms with Gasteiger partial charge in [0.2, 0.25) is 11.8 Å². The number of Topliss-reactive ketones (excluding diaryl/α,β-unsaturated/α-hetero) is 1. The van der Waals surface area contributed by atoms with E-state index in [4.69, 9.17) is 10.5 Å². The van der Waals surface area contributed by atoms with E-state index in [-0.39, 0.29) is 17.6 Å². The number of methoxy groups -OCH3 is 1. The van der Waals surface area contributed by atoms with Gasteiger partial charge in [-0.15, -0.1) is 0 Å². The van der Waals surface area contributed by atoms with Gasteiger partial charge in [0.1, 0.15) is 5.78 Å². The summed E-state index contributed by atoms with van der Waals surface area (Å²) in [6, 6.07) is 3.54. The van der Waals surface area contributed by atoms with Crippen LogP contribution >= 0.6 is 0 Å². The highest BCUT2D eigenvalue weighted by Crippen LogP contribution is 2.23. The lowest BCUT2D eigenvalue weighted by Gasteiger charge is -2.13. The number of pyridine rings is 1. The number of aromatic nitrogens is 1. The molecule has 1 amide bonds. The molecule has 1 rings (SSSR count). The van der Waals surface area contributed by atoms with E-state index in [1.165, 1.54) is 0 Å². The zero-order chi connectivity index (χ0) is 15.0. The molecule has 2 N–H and O–H groups in total. The van der Waals surface area contributed by atoms with Crippen molar-refractivity contribution in [2.24, 2.45) is 5.73 Å². The number of amides is 1. The normalized spacial score (nSPS) is 11.9. The quantitative estimate of drug-likeness (QED) is 0.702. The summed E-state index contributed by atoms with van der Waals surface area (Å²) in [5.74, 6) is 0.0449. The Hall–Kier alpha value is -1.91. The van der Waals surface area contributed by atoms with Crippen molar-refractivity contribution in [3.05, 3.63) is 23.9 Å². The van der Waals surface area contributed by atoms with Crippen molar-refractivity contribution < 1.29 is 14.3 Å². The maximum Gasteiger partial charge on any atom is 0.225 e. The number of hydrogen-bond acceptors (Lipinski definition) is 4. The average Bonchev–Trinajstić information content (AvgIpc) is 2.42. The third-order valence-corrected chi connectivity index (χ3v) is 3.24. The summed E-state index contributed by atoms with van der Waals surface area (Å²) < 4.78 is 4.99. The Bertz CT molecular complexity index is 443. The van der Waals surface area contributed by atoms with Crippen LogP contribution in [0.4, 0.5) is 0 Å². The molecule has 0 saturated carbocycles. The van der Waals surface area contributed by atoms with Crippen LogP contribution in [-0.2, 0) is 9.59 Å². The number of ketones is 1. The molecule has 0 bridgehead atoms. The first-order valence-electron chi connectivity index (χ1n) is 6.83. The lowest BCUT2D eigenvalue weighted by molar-refractivity contribution is -0.120. The standard InChI is InChI=1S/C15H22N2O3/c1-11(18)6-4-3-5-7-13(15(16)19)12-8-9-14(20-2)17-10-12/h8-10,13H,3-7H2,1-2H3,(H2,16,19). The van der Waals surface area contributed by atoms with Crippen LogP contribution in [-0.4, -0.2) is 23.8 Å². The first-order valence-corrected chi connectivity index (χ1v) is 6.83. The number of carbonyl (C=O) groups excluding carboxylic acids is 2. The minimum atomic E-state index is -0.344. The third kappa shape index (κ3) is 5.38. The van der Waals surface area contributed by atoms with Gasteiger partial charge in [0.15, 0.2) is 0 Å². The maximum absolute atomic E-state index is 11.5. The molecule has 0 radical (unpaired) electrons. The maximum atomic E-state index is 11.5. The van der Waals surface area contributed by atoms with E-state index in [1.54, 1.807) is 26.3 Å². The largest absolute Gasteiger partial charge is 0.481 e. The van der Waals surface area contributed by atoms with Gasteiger partial charge in [0.05, 0.1) is 13.0 Å². The topological polar surface area (TPSA) is 82.3 Å². The van der Waals surface area contributed by atoms with E-state index in [0.717, 1.165) is 24.8 Å². The molecule has 0 fully saturated rings. The molecule has 1 unspecified atom stereocenters. The Morgan fingerprint density at radius 3 is 2.55 bits per heavy atom. The smallest absolute Gasteiger partial charge is 0.225 e. The molecule has 1 aromatic heterocycles. The van der Waals surface area contributed by atoms with Crippen LogP contribution in [0.3, 0.4) is 0 Å². The fraction of sp³-hybridized carbons (Fsp3) is 0.533.